The van der Waals surface area contributed by atoms with E-state index in [1.807, 2.05) is 11.8 Å². The molecule has 2 aromatic carbocycles. The first-order valence-corrected chi connectivity index (χ1v) is 13.1. The second-order valence-electron chi connectivity index (χ2n) is 9.02. The lowest BCUT2D eigenvalue weighted by molar-refractivity contribution is 0.0944. The summed E-state index contributed by atoms with van der Waals surface area (Å²) in [7, 11) is 0. The molecule has 176 valence electrons. The Morgan fingerprint density at radius 1 is 1.03 bits per heavy atom. The van der Waals surface area contributed by atoms with E-state index in [4.69, 9.17) is 11.6 Å². The number of nitrogens with zero attached hydrogens (tertiary/aromatic N) is 2. The van der Waals surface area contributed by atoms with Gasteiger partial charge in [-0.1, -0.05) is 53.7 Å². The summed E-state index contributed by atoms with van der Waals surface area (Å²) in [6.45, 7) is 4.86. The van der Waals surface area contributed by atoms with Crippen LogP contribution < -0.4 is 0 Å². The second-order valence-corrected chi connectivity index (χ2v) is 10.6. The average Bonchev–Trinajstić information content (AvgIpc) is 3.04. The van der Waals surface area contributed by atoms with E-state index in [1.54, 1.807) is 12.1 Å². The predicted molar refractivity (Wildman–Crippen MR) is 139 cm³/mol. The summed E-state index contributed by atoms with van der Waals surface area (Å²) in [5, 5.41) is 0.918. The zero-order valence-corrected chi connectivity index (χ0v) is 20.6. The Balaban J connectivity index is 1.16. The fraction of sp³-hybridized carbons (Fsp3) is 0.321. The Bertz CT molecular complexity index is 1150. The Kier molecular flexibility index (Phi) is 7.35. The largest absolute Gasteiger partial charge is 0.301 e. The van der Waals surface area contributed by atoms with Gasteiger partial charge in [0.1, 0.15) is 5.82 Å². The molecule has 1 fully saturated rings. The summed E-state index contributed by atoms with van der Waals surface area (Å²) in [6.07, 6.45) is 8.69. The normalized spacial score (nSPS) is 21.0. The standard InChI is InChI=1S/C28H28ClFN2OS/c29-23-18-22-8-7-21-4-1-2-6-27(21)34-28(22)25(19-23)32-16-14-31(15-17-32)13-3-5-26(33)20-9-11-24(30)12-10-20/h1-2,4,6-12,18,25H,3,5,13-17,19H2. The van der Waals surface area contributed by atoms with Gasteiger partial charge in [0, 0.05) is 65.5 Å². The first-order valence-electron chi connectivity index (χ1n) is 11.9. The summed E-state index contributed by atoms with van der Waals surface area (Å²) in [6, 6.07) is 14.7. The first kappa shape index (κ1) is 23.6. The third-order valence-corrected chi connectivity index (χ3v) is 8.34. The SMILES string of the molecule is O=C(CCCN1CCN(C2CC(Cl)=CC3=C2Sc2ccccc2C=C3)CC1)c1ccc(F)cc1. The summed E-state index contributed by atoms with van der Waals surface area (Å²) in [4.78, 5) is 20.1. The highest BCUT2D eigenvalue weighted by atomic mass is 35.5. The van der Waals surface area contributed by atoms with Crippen molar-refractivity contribution in [1.29, 1.82) is 0 Å². The van der Waals surface area contributed by atoms with Gasteiger partial charge in [0.05, 0.1) is 0 Å². The predicted octanol–water partition coefficient (Wildman–Crippen LogP) is 6.37. The molecule has 0 spiro atoms. The summed E-state index contributed by atoms with van der Waals surface area (Å²) in [5.74, 6) is -0.227. The average molecular weight is 495 g/mol. The van der Waals surface area contributed by atoms with E-state index in [0.717, 1.165) is 50.6 Å². The van der Waals surface area contributed by atoms with Gasteiger partial charge in [-0.15, -0.1) is 0 Å². The quantitative estimate of drug-likeness (QED) is 0.435. The zero-order valence-electron chi connectivity index (χ0n) is 19.1. The number of thioether (sulfide) groups is 1. The molecule has 2 aromatic rings. The molecule has 3 aliphatic rings. The van der Waals surface area contributed by atoms with E-state index < -0.39 is 0 Å². The fourth-order valence-corrected chi connectivity index (χ4v) is 6.39. The van der Waals surface area contributed by atoms with Crippen molar-refractivity contribution in [1.82, 2.24) is 9.80 Å². The van der Waals surface area contributed by atoms with E-state index in [9.17, 15) is 9.18 Å². The van der Waals surface area contributed by atoms with Crippen molar-refractivity contribution in [3.63, 3.8) is 0 Å². The maximum absolute atomic E-state index is 13.1. The number of hydrogen-bond acceptors (Lipinski definition) is 4. The number of rotatable bonds is 6. The van der Waals surface area contributed by atoms with E-state index in [-0.39, 0.29) is 11.6 Å². The zero-order chi connectivity index (χ0) is 23.5. The number of carbonyl (C=O) groups is 1. The third kappa shape index (κ3) is 5.38. The number of benzene rings is 2. The van der Waals surface area contributed by atoms with Crippen LogP contribution in [0.5, 0.6) is 0 Å². The van der Waals surface area contributed by atoms with Crippen molar-refractivity contribution in [3.8, 4) is 0 Å². The van der Waals surface area contributed by atoms with Crippen LogP contribution in [0, 0.1) is 5.82 Å². The number of piperazine rings is 1. The minimum atomic E-state index is -0.311. The van der Waals surface area contributed by atoms with Gasteiger partial charge in [-0.3, -0.25) is 9.69 Å². The highest BCUT2D eigenvalue weighted by molar-refractivity contribution is 8.03. The molecule has 1 unspecified atom stereocenters. The molecule has 3 nitrogen and oxygen atoms in total. The molecule has 0 aromatic heterocycles. The summed E-state index contributed by atoms with van der Waals surface area (Å²) in [5.41, 5.74) is 3.07. The van der Waals surface area contributed by atoms with Crippen LogP contribution in [0.3, 0.4) is 0 Å². The number of allylic oxidation sites excluding steroid dienone is 3. The number of hydrogen-bond donors (Lipinski definition) is 0. The lowest BCUT2D eigenvalue weighted by Crippen LogP contribution is -2.51. The maximum Gasteiger partial charge on any atom is 0.162 e. The maximum atomic E-state index is 13.1. The van der Waals surface area contributed by atoms with Crippen LogP contribution >= 0.6 is 23.4 Å². The van der Waals surface area contributed by atoms with E-state index >= 15 is 0 Å². The van der Waals surface area contributed by atoms with Crippen LogP contribution in [0.1, 0.15) is 35.2 Å². The van der Waals surface area contributed by atoms with Crippen molar-refractivity contribution in [2.45, 2.75) is 30.2 Å². The van der Waals surface area contributed by atoms with Crippen molar-refractivity contribution in [2.24, 2.45) is 0 Å². The molecular weight excluding hydrogens is 467 g/mol. The minimum absolute atomic E-state index is 0.0838. The Morgan fingerprint density at radius 3 is 2.59 bits per heavy atom. The molecule has 34 heavy (non-hydrogen) atoms. The molecule has 0 bridgehead atoms. The van der Waals surface area contributed by atoms with Crippen LogP contribution in [-0.4, -0.2) is 54.3 Å². The topological polar surface area (TPSA) is 23.6 Å². The van der Waals surface area contributed by atoms with E-state index in [1.165, 1.54) is 33.1 Å². The van der Waals surface area contributed by atoms with Gasteiger partial charge in [-0.05, 0) is 60.5 Å². The molecule has 0 amide bonds. The lowest BCUT2D eigenvalue weighted by Gasteiger charge is -2.41. The second kappa shape index (κ2) is 10.6. The molecule has 0 radical (unpaired) electrons. The van der Waals surface area contributed by atoms with Gasteiger partial charge in [0.25, 0.3) is 0 Å². The fourth-order valence-electron chi connectivity index (χ4n) is 4.87. The molecular formula is C28H28ClFN2OS. The van der Waals surface area contributed by atoms with Gasteiger partial charge in [-0.25, -0.2) is 4.39 Å². The third-order valence-electron chi connectivity index (χ3n) is 6.76. The van der Waals surface area contributed by atoms with Crippen LogP contribution in [0.15, 0.2) is 81.1 Å². The van der Waals surface area contributed by atoms with Crippen molar-refractivity contribution < 1.29 is 9.18 Å². The van der Waals surface area contributed by atoms with Crippen molar-refractivity contribution in [2.75, 3.05) is 32.7 Å². The highest BCUT2D eigenvalue weighted by Gasteiger charge is 2.32. The molecule has 1 saturated heterocycles. The summed E-state index contributed by atoms with van der Waals surface area (Å²) < 4.78 is 13.1. The molecule has 2 heterocycles. The first-order chi connectivity index (χ1) is 16.6. The number of halogens is 2. The molecule has 5 rings (SSSR count). The van der Waals surface area contributed by atoms with Crippen molar-refractivity contribution >= 4 is 35.2 Å². The monoisotopic (exact) mass is 494 g/mol. The molecule has 2 aliphatic heterocycles. The molecule has 1 aliphatic carbocycles. The molecule has 1 atom stereocenters. The van der Waals surface area contributed by atoms with Gasteiger partial charge >= 0.3 is 0 Å². The van der Waals surface area contributed by atoms with Gasteiger partial charge in [0.15, 0.2) is 5.78 Å². The number of ketones is 1. The number of fused-ring (bicyclic) bond motifs is 1. The number of carbonyl (C=O) groups excluding carboxylic acids is 1. The lowest BCUT2D eigenvalue weighted by atomic mass is 9.99. The van der Waals surface area contributed by atoms with Gasteiger partial charge < -0.3 is 4.90 Å². The minimum Gasteiger partial charge on any atom is -0.301 e. The molecule has 0 N–H and O–H groups in total. The molecule has 0 saturated carbocycles. The van der Waals surface area contributed by atoms with Crippen LogP contribution in [0.25, 0.3) is 6.08 Å². The summed E-state index contributed by atoms with van der Waals surface area (Å²) >= 11 is 8.47. The smallest absolute Gasteiger partial charge is 0.162 e. The van der Waals surface area contributed by atoms with Crippen LogP contribution in [0.2, 0.25) is 0 Å². The Morgan fingerprint density at radius 2 is 1.79 bits per heavy atom. The molecule has 6 heteroatoms. The highest BCUT2D eigenvalue weighted by Crippen LogP contribution is 2.44. The Labute approximate surface area is 210 Å². The van der Waals surface area contributed by atoms with Crippen LogP contribution in [-0.2, 0) is 0 Å². The Hall–Kier alpha value is -2.18. The van der Waals surface area contributed by atoms with E-state index in [2.05, 4.69) is 52.3 Å². The number of Topliss-reactive ketones (excluding diaryl/α,β-unsaturated/α-hetero) is 1. The van der Waals surface area contributed by atoms with Crippen LogP contribution in [0.4, 0.5) is 4.39 Å². The van der Waals surface area contributed by atoms with Gasteiger partial charge in [-0.2, -0.15) is 0 Å². The van der Waals surface area contributed by atoms with E-state index in [0.29, 0.717) is 18.0 Å². The van der Waals surface area contributed by atoms with Gasteiger partial charge in [0.2, 0.25) is 0 Å². The van der Waals surface area contributed by atoms with Crippen molar-refractivity contribution in [3.05, 3.63) is 93.1 Å².